The number of aliphatic hydroxyl groups excluding tert-OH is 1. The van der Waals surface area contributed by atoms with Gasteiger partial charge in [-0.3, -0.25) is 4.79 Å². The van der Waals surface area contributed by atoms with Gasteiger partial charge in [0, 0.05) is 19.6 Å². The van der Waals surface area contributed by atoms with Crippen molar-refractivity contribution < 1.29 is 9.90 Å². The fraction of sp³-hybridized carbons (Fsp3) is 0.667. The minimum absolute atomic E-state index is 0.0181. The number of amides is 1. The molecular weight excluding hydrogens is 154 g/mol. The molecule has 0 spiro atoms. The Morgan fingerprint density at radius 1 is 1.67 bits per heavy atom. The second kappa shape index (κ2) is 6.68. The van der Waals surface area contributed by atoms with Crippen LogP contribution in [0.1, 0.15) is 19.8 Å². The molecule has 0 saturated carbocycles. The summed E-state index contributed by atoms with van der Waals surface area (Å²) in [6, 6.07) is 0. The SMILES string of the molecule is C#CCN(CC)C(=O)CCCO. The van der Waals surface area contributed by atoms with Crippen LogP contribution in [0.3, 0.4) is 0 Å². The lowest BCUT2D eigenvalue weighted by atomic mass is 10.3. The molecule has 0 unspecified atom stereocenters. The Balaban J connectivity index is 3.79. The number of rotatable bonds is 5. The van der Waals surface area contributed by atoms with E-state index in [1.54, 1.807) is 4.90 Å². The molecule has 0 fully saturated rings. The van der Waals surface area contributed by atoms with Crippen molar-refractivity contribution in [2.75, 3.05) is 19.7 Å². The summed E-state index contributed by atoms with van der Waals surface area (Å²) < 4.78 is 0. The Morgan fingerprint density at radius 3 is 2.75 bits per heavy atom. The maximum Gasteiger partial charge on any atom is 0.223 e. The molecule has 0 aromatic rings. The van der Waals surface area contributed by atoms with E-state index in [1.165, 1.54) is 0 Å². The van der Waals surface area contributed by atoms with E-state index in [0.29, 0.717) is 25.9 Å². The number of hydrogen-bond acceptors (Lipinski definition) is 2. The summed E-state index contributed by atoms with van der Waals surface area (Å²) in [6.45, 7) is 2.93. The van der Waals surface area contributed by atoms with E-state index in [2.05, 4.69) is 5.92 Å². The fourth-order valence-electron chi connectivity index (χ4n) is 0.875. The molecule has 0 aliphatic rings. The third-order valence-electron chi connectivity index (χ3n) is 1.57. The van der Waals surface area contributed by atoms with Crippen LogP contribution in [0.15, 0.2) is 0 Å². The van der Waals surface area contributed by atoms with Crippen LogP contribution in [0.2, 0.25) is 0 Å². The van der Waals surface area contributed by atoms with Crippen molar-refractivity contribution in [1.29, 1.82) is 0 Å². The molecule has 12 heavy (non-hydrogen) atoms. The molecule has 0 rings (SSSR count). The zero-order valence-corrected chi connectivity index (χ0v) is 7.42. The summed E-state index contributed by atoms with van der Waals surface area (Å²) in [5.41, 5.74) is 0. The van der Waals surface area contributed by atoms with Crippen molar-refractivity contribution in [2.24, 2.45) is 0 Å². The third kappa shape index (κ3) is 3.99. The van der Waals surface area contributed by atoms with Gasteiger partial charge in [0.1, 0.15) is 0 Å². The van der Waals surface area contributed by atoms with Crippen molar-refractivity contribution in [3.05, 3.63) is 0 Å². The van der Waals surface area contributed by atoms with Gasteiger partial charge in [-0.05, 0) is 13.3 Å². The van der Waals surface area contributed by atoms with Gasteiger partial charge >= 0.3 is 0 Å². The Morgan fingerprint density at radius 2 is 2.33 bits per heavy atom. The molecule has 0 radical (unpaired) electrons. The summed E-state index contributed by atoms with van der Waals surface area (Å²) in [6.07, 6.45) is 5.97. The van der Waals surface area contributed by atoms with Crippen LogP contribution in [0.5, 0.6) is 0 Å². The van der Waals surface area contributed by atoms with Crippen molar-refractivity contribution >= 4 is 5.91 Å². The number of terminal acetylenes is 1. The summed E-state index contributed by atoms with van der Waals surface area (Å²) in [7, 11) is 0. The monoisotopic (exact) mass is 169 g/mol. The van der Waals surface area contributed by atoms with E-state index in [-0.39, 0.29) is 12.5 Å². The summed E-state index contributed by atoms with van der Waals surface area (Å²) in [5, 5.41) is 8.49. The first kappa shape index (κ1) is 11.0. The zero-order chi connectivity index (χ0) is 9.40. The van der Waals surface area contributed by atoms with Gasteiger partial charge in [-0.1, -0.05) is 5.92 Å². The van der Waals surface area contributed by atoms with E-state index in [9.17, 15) is 4.79 Å². The quantitative estimate of drug-likeness (QED) is 0.599. The molecule has 0 aliphatic carbocycles. The number of aliphatic hydroxyl groups is 1. The minimum atomic E-state index is 0.0181. The molecule has 0 heterocycles. The van der Waals surface area contributed by atoms with E-state index in [1.807, 2.05) is 6.92 Å². The Kier molecular flexibility index (Phi) is 6.12. The molecule has 0 aromatic carbocycles. The molecular formula is C9H15NO2. The van der Waals surface area contributed by atoms with Crippen LogP contribution in [0.4, 0.5) is 0 Å². The van der Waals surface area contributed by atoms with Crippen molar-refractivity contribution in [3.63, 3.8) is 0 Å². The van der Waals surface area contributed by atoms with Crippen LogP contribution in [0, 0.1) is 12.3 Å². The van der Waals surface area contributed by atoms with Gasteiger partial charge in [-0.15, -0.1) is 6.42 Å². The highest BCUT2D eigenvalue weighted by atomic mass is 16.3. The number of hydrogen-bond donors (Lipinski definition) is 1. The van der Waals surface area contributed by atoms with Crippen molar-refractivity contribution in [3.8, 4) is 12.3 Å². The Bertz CT molecular complexity index is 172. The first-order chi connectivity index (χ1) is 5.76. The molecule has 1 amide bonds. The molecule has 0 bridgehead atoms. The molecule has 68 valence electrons. The maximum absolute atomic E-state index is 11.2. The van der Waals surface area contributed by atoms with Crippen LogP contribution in [-0.4, -0.2) is 35.6 Å². The van der Waals surface area contributed by atoms with Crippen LogP contribution >= 0.6 is 0 Å². The molecule has 3 nitrogen and oxygen atoms in total. The second-order valence-corrected chi connectivity index (χ2v) is 2.44. The smallest absolute Gasteiger partial charge is 0.223 e. The van der Waals surface area contributed by atoms with Crippen molar-refractivity contribution in [2.45, 2.75) is 19.8 Å². The van der Waals surface area contributed by atoms with Gasteiger partial charge in [0.2, 0.25) is 5.91 Å². The number of nitrogens with zero attached hydrogens (tertiary/aromatic N) is 1. The van der Waals surface area contributed by atoms with Gasteiger partial charge < -0.3 is 10.0 Å². The Labute approximate surface area is 73.4 Å². The lowest BCUT2D eigenvalue weighted by Crippen LogP contribution is -2.30. The van der Waals surface area contributed by atoms with Crippen molar-refractivity contribution in [1.82, 2.24) is 4.90 Å². The van der Waals surface area contributed by atoms with Gasteiger partial charge in [-0.2, -0.15) is 0 Å². The summed E-state index contributed by atoms with van der Waals surface area (Å²) in [4.78, 5) is 12.8. The fourth-order valence-corrected chi connectivity index (χ4v) is 0.875. The molecule has 0 atom stereocenters. The van der Waals surface area contributed by atoms with Crippen LogP contribution < -0.4 is 0 Å². The molecule has 0 aromatic heterocycles. The average Bonchev–Trinajstić information content (AvgIpc) is 2.10. The van der Waals surface area contributed by atoms with Gasteiger partial charge in [0.15, 0.2) is 0 Å². The van der Waals surface area contributed by atoms with Gasteiger partial charge in [0.25, 0.3) is 0 Å². The Hall–Kier alpha value is -1.01. The van der Waals surface area contributed by atoms with E-state index in [4.69, 9.17) is 11.5 Å². The summed E-state index contributed by atoms with van der Waals surface area (Å²) >= 11 is 0. The maximum atomic E-state index is 11.2. The highest BCUT2D eigenvalue weighted by Gasteiger charge is 2.08. The average molecular weight is 169 g/mol. The van der Waals surface area contributed by atoms with Gasteiger partial charge in [0.05, 0.1) is 6.54 Å². The van der Waals surface area contributed by atoms with E-state index in [0.717, 1.165) is 0 Å². The molecule has 0 saturated heterocycles. The minimum Gasteiger partial charge on any atom is -0.396 e. The lowest BCUT2D eigenvalue weighted by molar-refractivity contribution is -0.130. The summed E-state index contributed by atoms with van der Waals surface area (Å²) in [5.74, 6) is 2.44. The largest absolute Gasteiger partial charge is 0.396 e. The molecule has 3 heteroatoms. The molecule has 1 N–H and O–H groups in total. The normalized spacial score (nSPS) is 9.08. The first-order valence-electron chi connectivity index (χ1n) is 4.08. The first-order valence-corrected chi connectivity index (χ1v) is 4.08. The predicted molar refractivity (Wildman–Crippen MR) is 47.4 cm³/mol. The highest BCUT2D eigenvalue weighted by Crippen LogP contribution is 1.96. The molecule has 0 aliphatic heterocycles. The zero-order valence-electron chi connectivity index (χ0n) is 7.42. The van der Waals surface area contributed by atoms with E-state index >= 15 is 0 Å². The van der Waals surface area contributed by atoms with E-state index < -0.39 is 0 Å². The topological polar surface area (TPSA) is 40.5 Å². The second-order valence-electron chi connectivity index (χ2n) is 2.44. The lowest BCUT2D eigenvalue weighted by Gasteiger charge is -2.17. The predicted octanol–water partition coefficient (Wildman–Crippen LogP) is 0.241. The highest BCUT2D eigenvalue weighted by molar-refractivity contribution is 5.76. The number of carbonyl (C=O) groups excluding carboxylic acids is 1. The number of carbonyl (C=O) groups is 1. The van der Waals surface area contributed by atoms with Gasteiger partial charge in [-0.25, -0.2) is 0 Å². The van der Waals surface area contributed by atoms with Crippen LogP contribution in [0.25, 0.3) is 0 Å². The van der Waals surface area contributed by atoms with Crippen LogP contribution in [-0.2, 0) is 4.79 Å². The third-order valence-corrected chi connectivity index (χ3v) is 1.57. The standard InChI is InChI=1S/C9H15NO2/c1-3-7-10(4-2)9(12)6-5-8-11/h1,11H,4-8H2,2H3.